The van der Waals surface area contributed by atoms with Crippen LogP contribution >= 0.6 is 46.6 Å². The van der Waals surface area contributed by atoms with Crippen molar-refractivity contribution >= 4 is 57.4 Å². The molecule has 0 fully saturated rings. The highest BCUT2D eigenvalue weighted by atomic mass is 35.5. The molecule has 0 spiro atoms. The van der Waals surface area contributed by atoms with Crippen LogP contribution in [0.5, 0.6) is 0 Å². The highest BCUT2D eigenvalue weighted by Crippen LogP contribution is 2.34. The third-order valence-electron chi connectivity index (χ3n) is 1.57. The minimum absolute atomic E-state index is 0.363. The third-order valence-corrected chi connectivity index (χ3v) is 3.17. The quantitative estimate of drug-likeness (QED) is 0.279. The summed E-state index contributed by atoms with van der Waals surface area (Å²) in [4.78, 5) is 4.14. The Morgan fingerprint density at radius 1 is 1.31 bits per heavy atom. The molecule has 0 saturated carbocycles. The lowest BCUT2D eigenvalue weighted by Crippen LogP contribution is -2.12. The van der Waals surface area contributed by atoms with Gasteiger partial charge in [0.2, 0.25) is 0 Å². The lowest BCUT2D eigenvalue weighted by atomic mass is 10.3. The van der Waals surface area contributed by atoms with E-state index >= 15 is 0 Å². The van der Waals surface area contributed by atoms with Crippen molar-refractivity contribution in [3.05, 3.63) is 27.2 Å². The van der Waals surface area contributed by atoms with Gasteiger partial charge in [-0.05, 0) is 18.4 Å². The van der Waals surface area contributed by atoms with Gasteiger partial charge in [-0.15, -0.1) is 0 Å². The molecule has 3 nitrogen and oxygen atoms in total. The number of halogens is 3. The number of aliphatic imine (C=N–C) groups is 1. The molecule has 0 amide bonds. The molecule has 1 aromatic carbocycles. The number of thioether (sulfide) groups is 1. The Hall–Kier alpha value is -0.600. The van der Waals surface area contributed by atoms with Crippen LogP contribution in [0, 0.1) is 11.5 Å². The van der Waals surface area contributed by atoms with E-state index in [-0.39, 0.29) is 0 Å². The van der Waals surface area contributed by atoms with Crippen molar-refractivity contribution in [2.75, 3.05) is 6.26 Å². The molecule has 16 heavy (non-hydrogen) atoms. The standard InChI is InChI=1S/C9H6Cl3N3S/c1-16-9(14-4-13)15-8-3-6(11)5(10)2-7(8)12/h2-3H,1H3,(H,14,15). The smallest absolute Gasteiger partial charge is 0.183 e. The molecule has 0 bridgehead atoms. The van der Waals surface area contributed by atoms with Gasteiger partial charge in [-0.3, -0.25) is 5.32 Å². The molecule has 0 unspecified atom stereocenters. The Morgan fingerprint density at radius 3 is 2.50 bits per heavy atom. The molecule has 0 atom stereocenters. The Bertz CT molecular complexity index is 468. The zero-order valence-corrected chi connectivity index (χ0v) is 11.2. The maximum atomic E-state index is 8.48. The van der Waals surface area contributed by atoms with Gasteiger partial charge in [-0.25, -0.2) is 4.99 Å². The molecule has 0 aliphatic heterocycles. The fourth-order valence-corrected chi connectivity index (χ4v) is 1.80. The van der Waals surface area contributed by atoms with Gasteiger partial charge in [0.15, 0.2) is 11.4 Å². The van der Waals surface area contributed by atoms with Gasteiger partial charge in [0.05, 0.1) is 20.8 Å². The van der Waals surface area contributed by atoms with Crippen LogP contribution < -0.4 is 5.32 Å². The van der Waals surface area contributed by atoms with E-state index in [9.17, 15) is 0 Å². The van der Waals surface area contributed by atoms with Gasteiger partial charge in [-0.1, -0.05) is 46.6 Å². The maximum absolute atomic E-state index is 8.48. The SMILES string of the molecule is CSC(=Nc1cc(Cl)c(Cl)cc1Cl)NC#N. The van der Waals surface area contributed by atoms with Gasteiger partial charge >= 0.3 is 0 Å². The number of amidine groups is 1. The first-order valence-electron chi connectivity index (χ1n) is 4.00. The van der Waals surface area contributed by atoms with E-state index in [1.54, 1.807) is 18.5 Å². The van der Waals surface area contributed by atoms with Crippen molar-refractivity contribution in [3.63, 3.8) is 0 Å². The van der Waals surface area contributed by atoms with Crippen LogP contribution in [-0.2, 0) is 0 Å². The predicted octanol–water partition coefficient (Wildman–Crippen LogP) is 4.07. The molecule has 0 saturated heterocycles. The van der Waals surface area contributed by atoms with E-state index in [4.69, 9.17) is 40.1 Å². The number of nitrogens with one attached hydrogen (secondary N) is 1. The summed E-state index contributed by atoms with van der Waals surface area (Å²) in [5.74, 6) is 0. The van der Waals surface area contributed by atoms with Gasteiger partial charge in [0.1, 0.15) is 0 Å². The molecule has 7 heteroatoms. The summed E-state index contributed by atoms with van der Waals surface area (Å²) in [5.41, 5.74) is 0.461. The number of rotatable bonds is 1. The molecule has 1 aromatic rings. The topological polar surface area (TPSA) is 48.2 Å². The minimum Gasteiger partial charge on any atom is -0.271 e. The predicted molar refractivity (Wildman–Crippen MR) is 70.8 cm³/mol. The van der Waals surface area contributed by atoms with Crippen molar-refractivity contribution in [1.29, 1.82) is 5.26 Å². The van der Waals surface area contributed by atoms with E-state index < -0.39 is 0 Å². The van der Waals surface area contributed by atoms with Crippen molar-refractivity contribution in [2.24, 2.45) is 4.99 Å². The first kappa shape index (κ1) is 13.5. The van der Waals surface area contributed by atoms with Crippen LogP contribution in [0.1, 0.15) is 0 Å². The number of hydrogen-bond donors (Lipinski definition) is 1. The monoisotopic (exact) mass is 293 g/mol. The summed E-state index contributed by atoms with van der Waals surface area (Å²) >= 11 is 18.8. The number of benzene rings is 1. The summed E-state index contributed by atoms with van der Waals surface area (Å²) in [6.45, 7) is 0. The van der Waals surface area contributed by atoms with Crippen LogP contribution in [0.3, 0.4) is 0 Å². The van der Waals surface area contributed by atoms with E-state index in [1.165, 1.54) is 17.8 Å². The fraction of sp³-hybridized carbons (Fsp3) is 0.111. The summed E-state index contributed by atoms with van der Waals surface area (Å²) < 4.78 is 0. The lowest BCUT2D eigenvalue weighted by Gasteiger charge is -2.03. The molecule has 0 aliphatic rings. The highest BCUT2D eigenvalue weighted by molar-refractivity contribution is 8.13. The van der Waals surface area contributed by atoms with Gasteiger partial charge < -0.3 is 0 Å². The molecule has 1 rings (SSSR count). The molecule has 1 N–H and O–H groups in total. The van der Waals surface area contributed by atoms with Crippen molar-refractivity contribution in [1.82, 2.24) is 5.32 Å². The van der Waals surface area contributed by atoms with Crippen molar-refractivity contribution < 1.29 is 0 Å². The van der Waals surface area contributed by atoms with Crippen molar-refractivity contribution in [2.45, 2.75) is 0 Å². The Morgan fingerprint density at radius 2 is 1.94 bits per heavy atom. The van der Waals surface area contributed by atoms with Crippen molar-refractivity contribution in [3.8, 4) is 6.19 Å². The fourth-order valence-electron chi connectivity index (χ4n) is 0.880. The molecular formula is C9H6Cl3N3S. The second-order valence-electron chi connectivity index (χ2n) is 2.58. The first-order valence-corrected chi connectivity index (χ1v) is 6.36. The van der Waals surface area contributed by atoms with Gasteiger partial charge in [0.25, 0.3) is 0 Å². The average molecular weight is 295 g/mol. The van der Waals surface area contributed by atoms with Gasteiger partial charge in [-0.2, -0.15) is 5.26 Å². The molecule has 0 heterocycles. The zero-order chi connectivity index (χ0) is 12.1. The lowest BCUT2D eigenvalue weighted by molar-refractivity contribution is 1.28. The minimum atomic E-state index is 0.363. The highest BCUT2D eigenvalue weighted by Gasteiger charge is 2.06. The number of hydrogen-bond acceptors (Lipinski definition) is 3. The molecule has 0 radical (unpaired) electrons. The first-order chi connectivity index (χ1) is 7.58. The number of nitriles is 1. The molecule has 84 valence electrons. The van der Waals surface area contributed by atoms with Crippen LogP contribution in [0.2, 0.25) is 15.1 Å². The second kappa shape index (κ2) is 6.21. The van der Waals surface area contributed by atoms with E-state index in [0.29, 0.717) is 25.9 Å². The van der Waals surface area contributed by atoms with E-state index in [1.807, 2.05) is 0 Å². The largest absolute Gasteiger partial charge is 0.271 e. The van der Waals surface area contributed by atoms with Crippen LogP contribution in [0.4, 0.5) is 5.69 Å². The molecular weight excluding hydrogens is 289 g/mol. The van der Waals surface area contributed by atoms with Gasteiger partial charge in [0, 0.05) is 0 Å². The third kappa shape index (κ3) is 3.46. The summed E-state index contributed by atoms with van der Waals surface area (Å²) in [5, 5.41) is 12.4. The van der Waals surface area contributed by atoms with Crippen LogP contribution in [-0.4, -0.2) is 11.4 Å². The Kier molecular flexibility index (Phi) is 5.23. The Balaban J connectivity index is 3.14. The van der Waals surface area contributed by atoms with Crippen LogP contribution in [0.15, 0.2) is 17.1 Å². The summed E-state index contributed by atoms with van der Waals surface area (Å²) in [7, 11) is 0. The summed E-state index contributed by atoms with van der Waals surface area (Å²) in [6.07, 6.45) is 3.57. The average Bonchev–Trinajstić information content (AvgIpc) is 2.25. The van der Waals surface area contributed by atoms with E-state index in [2.05, 4.69) is 10.3 Å². The zero-order valence-electron chi connectivity index (χ0n) is 8.09. The van der Waals surface area contributed by atoms with Crippen LogP contribution in [0.25, 0.3) is 0 Å². The normalized spacial score (nSPS) is 11.1. The van der Waals surface area contributed by atoms with E-state index in [0.717, 1.165) is 0 Å². The maximum Gasteiger partial charge on any atom is 0.183 e. The summed E-state index contributed by atoms with van der Waals surface area (Å²) in [6, 6.07) is 3.05. The second-order valence-corrected chi connectivity index (χ2v) is 4.59. The Labute approximate surface area is 112 Å². The molecule has 0 aliphatic carbocycles. The number of nitrogens with zero attached hydrogens (tertiary/aromatic N) is 2. The molecule has 0 aromatic heterocycles.